The molecule has 1 N–H and O–H groups in total. The molecular weight excluding hydrogens is 566 g/mol. The summed E-state index contributed by atoms with van der Waals surface area (Å²) in [4.78, 5) is 28.9. The molecule has 1 unspecified atom stereocenters. The van der Waals surface area contributed by atoms with Crippen molar-refractivity contribution in [3.8, 4) is 11.5 Å². The van der Waals surface area contributed by atoms with Gasteiger partial charge >= 0.3 is 0 Å². The van der Waals surface area contributed by atoms with E-state index in [0.29, 0.717) is 30.2 Å². The smallest absolute Gasteiger partial charge is 0.244 e. The number of rotatable bonds is 14. The normalized spacial score (nSPS) is 14.1. The van der Waals surface area contributed by atoms with Crippen LogP contribution < -0.4 is 19.1 Å². The quantitative estimate of drug-likeness (QED) is 0.279. The maximum Gasteiger partial charge on any atom is 0.244 e. The van der Waals surface area contributed by atoms with Crippen LogP contribution in [0.15, 0.2) is 78.9 Å². The fraction of sp³-hybridized carbons (Fsp3) is 0.394. The Kier molecular flexibility index (Phi) is 11.1. The van der Waals surface area contributed by atoms with Crippen molar-refractivity contribution in [2.75, 3.05) is 24.2 Å². The van der Waals surface area contributed by atoms with E-state index in [1.807, 2.05) is 49.4 Å². The lowest BCUT2D eigenvalue weighted by atomic mass is 10.1. The number of carbonyl (C=O) groups is 2. The predicted octanol–water partition coefficient (Wildman–Crippen LogP) is 4.91. The summed E-state index contributed by atoms with van der Waals surface area (Å²) in [7, 11) is -2.26. The number of benzene rings is 3. The van der Waals surface area contributed by atoms with Crippen molar-refractivity contribution in [3.63, 3.8) is 0 Å². The number of nitrogens with zero attached hydrogens (tertiary/aromatic N) is 2. The molecule has 1 aliphatic carbocycles. The van der Waals surface area contributed by atoms with E-state index in [1.54, 1.807) is 43.5 Å². The van der Waals surface area contributed by atoms with Gasteiger partial charge in [0.05, 0.1) is 19.1 Å². The SMILES string of the molecule is CCC(C(=O)NC1CCCC1)N(Cc1ccc(OC)cc1)C(=O)CN(c1ccc(OCc2ccccc2)cc1)S(C)(=O)=O. The summed E-state index contributed by atoms with van der Waals surface area (Å²) in [6, 6.07) is 22.9. The molecule has 9 nitrogen and oxygen atoms in total. The Morgan fingerprint density at radius 3 is 2.12 bits per heavy atom. The molecule has 3 aromatic rings. The Morgan fingerprint density at radius 1 is 0.907 bits per heavy atom. The molecule has 43 heavy (non-hydrogen) atoms. The van der Waals surface area contributed by atoms with Gasteiger partial charge in [-0.3, -0.25) is 13.9 Å². The van der Waals surface area contributed by atoms with Gasteiger partial charge < -0.3 is 19.7 Å². The van der Waals surface area contributed by atoms with Gasteiger partial charge in [0, 0.05) is 12.6 Å². The molecule has 1 saturated carbocycles. The minimum atomic E-state index is -3.84. The Labute approximate surface area is 254 Å². The second kappa shape index (κ2) is 14.9. The van der Waals surface area contributed by atoms with Crippen molar-refractivity contribution in [2.45, 2.75) is 64.3 Å². The highest BCUT2D eigenvalue weighted by Gasteiger charge is 2.33. The summed E-state index contributed by atoms with van der Waals surface area (Å²) in [5, 5.41) is 3.12. The van der Waals surface area contributed by atoms with Crippen LogP contribution in [0.4, 0.5) is 5.69 Å². The van der Waals surface area contributed by atoms with E-state index >= 15 is 0 Å². The predicted molar refractivity (Wildman–Crippen MR) is 167 cm³/mol. The van der Waals surface area contributed by atoms with E-state index in [4.69, 9.17) is 9.47 Å². The van der Waals surface area contributed by atoms with Crippen LogP contribution in [0.1, 0.15) is 50.2 Å². The molecule has 0 aliphatic heterocycles. The lowest BCUT2D eigenvalue weighted by Gasteiger charge is -2.33. The number of ether oxygens (including phenoxy) is 2. The topological polar surface area (TPSA) is 105 Å². The maximum absolute atomic E-state index is 14.0. The minimum Gasteiger partial charge on any atom is -0.497 e. The Balaban J connectivity index is 1.55. The van der Waals surface area contributed by atoms with E-state index in [0.717, 1.165) is 47.4 Å². The van der Waals surface area contributed by atoms with Crippen molar-refractivity contribution < 1.29 is 27.5 Å². The summed E-state index contributed by atoms with van der Waals surface area (Å²) >= 11 is 0. The molecule has 0 saturated heterocycles. The third kappa shape index (κ3) is 8.97. The standard InChI is InChI=1S/C33H41N3O6S/c1-4-31(33(38)34-27-12-8-9-13-27)35(22-25-14-18-29(41-2)19-15-25)32(37)23-36(43(3,39)40)28-16-20-30(21-17-28)42-24-26-10-6-5-7-11-26/h5-7,10-11,14-21,27,31H,4,8-9,12-13,22-24H2,1-3H3,(H,34,38). The molecule has 0 heterocycles. The van der Waals surface area contributed by atoms with Gasteiger partial charge in [0.2, 0.25) is 21.8 Å². The van der Waals surface area contributed by atoms with Crippen LogP contribution in [-0.2, 0) is 32.8 Å². The average molecular weight is 608 g/mol. The number of hydrogen-bond acceptors (Lipinski definition) is 6. The first kappa shape index (κ1) is 31.9. The molecule has 4 rings (SSSR count). The molecule has 10 heteroatoms. The number of sulfonamides is 1. The summed E-state index contributed by atoms with van der Waals surface area (Å²) in [5.41, 5.74) is 2.14. The molecule has 1 atom stereocenters. The van der Waals surface area contributed by atoms with E-state index in [9.17, 15) is 18.0 Å². The lowest BCUT2D eigenvalue weighted by molar-refractivity contribution is -0.140. The van der Waals surface area contributed by atoms with Gasteiger partial charge in [0.1, 0.15) is 30.7 Å². The molecule has 3 aromatic carbocycles. The van der Waals surface area contributed by atoms with Crippen LogP contribution in [-0.4, -0.2) is 57.1 Å². The van der Waals surface area contributed by atoms with Crippen molar-refractivity contribution >= 4 is 27.5 Å². The van der Waals surface area contributed by atoms with Gasteiger partial charge in [-0.1, -0.05) is 62.2 Å². The third-order valence-electron chi connectivity index (χ3n) is 7.65. The van der Waals surface area contributed by atoms with Crippen LogP contribution in [0.25, 0.3) is 0 Å². The third-order valence-corrected chi connectivity index (χ3v) is 8.79. The van der Waals surface area contributed by atoms with Crippen molar-refractivity contribution in [1.82, 2.24) is 10.2 Å². The second-order valence-electron chi connectivity index (χ2n) is 10.8. The van der Waals surface area contributed by atoms with Crippen molar-refractivity contribution in [3.05, 3.63) is 90.0 Å². The van der Waals surface area contributed by atoms with Gasteiger partial charge in [0.15, 0.2) is 0 Å². The zero-order valence-corrected chi connectivity index (χ0v) is 25.9. The number of carbonyl (C=O) groups excluding carboxylic acids is 2. The zero-order valence-electron chi connectivity index (χ0n) is 25.1. The fourth-order valence-corrected chi connectivity index (χ4v) is 6.13. The highest BCUT2D eigenvalue weighted by molar-refractivity contribution is 7.92. The number of nitrogens with one attached hydrogen (secondary N) is 1. The molecule has 1 aliphatic rings. The molecular formula is C33H41N3O6S. The van der Waals surface area contributed by atoms with Crippen LogP contribution in [0, 0.1) is 0 Å². The summed E-state index contributed by atoms with van der Waals surface area (Å²) in [6.45, 7) is 1.92. The molecule has 0 aromatic heterocycles. The van der Waals surface area contributed by atoms with E-state index in [-0.39, 0.29) is 18.5 Å². The summed E-state index contributed by atoms with van der Waals surface area (Å²) in [6.07, 6.45) is 5.42. The van der Waals surface area contributed by atoms with E-state index in [2.05, 4.69) is 5.32 Å². The number of amides is 2. The fourth-order valence-electron chi connectivity index (χ4n) is 5.28. The van der Waals surface area contributed by atoms with Gasteiger partial charge in [0.25, 0.3) is 0 Å². The Hall–Kier alpha value is -4.05. The number of hydrogen-bond donors (Lipinski definition) is 1. The molecule has 2 amide bonds. The van der Waals surface area contributed by atoms with Gasteiger partial charge in [-0.15, -0.1) is 0 Å². The Bertz CT molecular complexity index is 1440. The van der Waals surface area contributed by atoms with Gasteiger partial charge in [-0.25, -0.2) is 8.42 Å². The number of methoxy groups -OCH3 is 1. The van der Waals surface area contributed by atoms with Crippen LogP contribution >= 0.6 is 0 Å². The highest BCUT2D eigenvalue weighted by atomic mass is 32.2. The van der Waals surface area contributed by atoms with Crippen LogP contribution in [0.3, 0.4) is 0 Å². The lowest BCUT2D eigenvalue weighted by Crippen LogP contribution is -2.53. The summed E-state index contributed by atoms with van der Waals surface area (Å²) < 4.78 is 38.1. The average Bonchev–Trinajstić information content (AvgIpc) is 3.52. The highest BCUT2D eigenvalue weighted by Crippen LogP contribution is 2.24. The molecule has 0 radical (unpaired) electrons. The molecule has 0 bridgehead atoms. The monoisotopic (exact) mass is 607 g/mol. The molecule has 230 valence electrons. The van der Waals surface area contributed by atoms with Crippen molar-refractivity contribution in [2.24, 2.45) is 0 Å². The first-order valence-corrected chi connectivity index (χ1v) is 16.5. The van der Waals surface area contributed by atoms with Gasteiger partial charge in [-0.2, -0.15) is 0 Å². The summed E-state index contributed by atoms with van der Waals surface area (Å²) in [5.74, 6) is 0.552. The van der Waals surface area contributed by atoms with E-state index in [1.165, 1.54) is 4.90 Å². The van der Waals surface area contributed by atoms with Gasteiger partial charge in [-0.05, 0) is 66.8 Å². The minimum absolute atomic E-state index is 0.0923. The first-order chi connectivity index (χ1) is 20.7. The Morgan fingerprint density at radius 2 is 1.53 bits per heavy atom. The van der Waals surface area contributed by atoms with Crippen LogP contribution in [0.5, 0.6) is 11.5 Å². The molecule has 0 spiro atoms. The van der Waals surface area contributed by atoms with E-state index < -0.39 is 28.5 Å². The van der Waals surface area contributed by atoms with Crippen molar-refractivity contribution in [1.29, 1.82) is 0 Å². The zero-order chi connectivity index (χ0) is 30.8. The molecule has 1 fully saturated rings. The maximum atomic E-state index is 14.0. The van der Waals surface area contributed by atoms with Crippen LogP contribution in [0.2, 0.25) is 0 Å². The number of anilines is 1. The largest absolute Gasteiger partial charge is 0.497 e. The first-order valence-electron chi connectivity index (χ1n) is 14.6. The second-order valence-corrected chi connectivity index (χ2v) is 12.7.